The minimum Gasteiger partial charge on any atom is -0.390 e. The molecule has 0 amide bonds. The number of likely N-dealkylation sites (N-methyl/N-ethyl adjacent to an activating group) is 1. The van der Waals surface area contributed by atoms with Gasteiger partial charge in [0.25, 0.3) is 0 Å². The zero-order valence-electron chi connectivity index (χ0n) is 11.5. The summed E-state index contributed by atoms with van der Waals surface area (Å²) in [6.07, 6.45) is 2.37. The van der Waals surface area contributed by atoms with Gasteiger partial charge in [0.05, 0.1) is 6.10 Å². The largest absolute Gasteiger partial charge is 0.390 e. The molecule has 2 N–H and O–H groups in total. The van der Waals surface area contributed by atoms with E-state index in [1.54, 1.807) is 0 Å². The third-order valence-electron chi connectivity index (χ3n) is 3.55. The summed E-state index contributed by atoms with van der Waals surface area (Å²) in [7, 11) is 0. The van der Waals surface area contributed by atoms with Crippen LogP contribution in [0.15, 0.2) is 0 Å². The van der Waals surface area contributed by atoms with Crippen molar-refractivity contribution in [2.75, 3.05) is 52.4 Å². The minimum atomic E-state index is -0.218. The second-order valence-corrected chi connectivity index (χ2v) is 4.89. The fourth-order valence-corrected chi connectivity index (χ4v) is 2.37. The number of rotatable bonds is 9. The van der Waals surface area contributed by atoms with E-state index in [2.05, 4.69) is 29.0 Å². The molecule has 0 aromatic heterocycles. The van der Waals surface area contributed by atoms with Gasteiger partial charge in [-0.2, -0.15) is 0 Å². The molecule has 1 fully saturated rings. The Morgan fingerprint density at radius 3 is 2.47 bits per heavy atom. The summed E-state index contributed by atoms with van der Waals surface area (Å²) in [6, 6.07) is 0. The van der Waals surface area contributed by atoms with E-state index in [-0.39, 0.29) is 6.10 Å². The predicted molar refractivity (Wildman–Crippen MR) is 72.3 cm³/mol. The minimum absolute atomic E-state index is 0.218. The lowest BCUT2D eigenvalue weighted by atomic mass is 10.3. The van der Waals surface area contributed by atoms with E-state index >= 15 is 0 Å². The van der Waals surface area contributed by atoms with E-state index in [4.69, 9.17) is 0 Å². The maximum Gasteiger partial charge on any atom is 0.0791 e. The quantitative estimate of drug-likeness (QED) is 0.574. The molecular formula is C13H29N3O. The van der Waals surface area contributed by atoms with Crippen LogP contribution < -0.4 is 5.32 Å². The molecule has 0 spiro atoms. The molecule has 1 saturated heterocycles. The highest BCUT2D eigenvalue weighted by atomic mass is 16.3. The molecule has 0 bridgehead atoms. The van der Waals surface area contributed by atoms with E-state index in [9.17, 15) is 5.11 Å². The van der Waals surface area contributed by atoms with Crippen LogP contribution in [0.2, 0.25) is 0 Å². The second-order valence-electron chi connectivity index (χ2n) is 4.89. The Bertz CT molecular complexity index is 180. The lowest BCUT2D eigenvalue weighted by Gasteiger charge is -2.21. The number of nitrogens with one attached hydrogen (secondary N) is 1. The van der Waals surface area contributed by atoms with Crippen molar-refractivity contribution in [1.29, 1.82) is 0 Å². The molecule has 102 valence electrons. The molecule has 0 radical (unpaired) electrons. The normalized spacial score (nSPS) is 19.1. The second kappa shape index (κ2) is 8.86. The van der Waals surface area contributed by atoms with Crippen molar-refractivity contribution in [3.8, 4) is 0 Å². The van der Waals surface area contributed by atoms with Gasteiger partial charge in [-0.25, -0.2) is 0 Å². The summed E-state index contributed by atoms with van der Waals surface area (Å²) in [5.41, 5.74) is 0. The molecule has 4 nitrogen and oxygen atoms in total. The highest BCUT2D eigenvalue weighted by Gasteiger charge is 2.15. The number of likely N-dealkylation sites (tertiary alicyclic amines) is 1. The fraction of sp³-hybridized carbons (Fsp3) is 1.00. The van der Waals surface area contributed by atoms with Crippen LogP contribution in [0.5, 0.6) is 0 Å². The first kappa shape index (κ1) is 14.9. The molecule has 0 aromatic rings. The third kappa shape index (κ3) is 6.36. The van der Waals surface area contributed by atoms with E-state index in [1.165, 1.54) is 12.8 Å². The van der Waals surface area contributed by atoms with Gasteiger partial charge < -0.3 is 20.2 Å². The van der Waals surface area contributed by atoms with Gasteiger partial charge in [-0.05, 0) is 39.0 Å². The Balaban J connectivity index is 1.97. The average Bonchev–Trinajstić information content (AvgIpc) is 2.82. The van der Waals surface area contributed by atoms with Gasteiger partial charge in [0.15, 0.2) is 0 Å². The van der Waals surface area contributed by atoms with E-state index < -0.39 is 0 Å². The maximum absolute atomic E-state index is 9.87. The summed E-state index contributed by atoms with van der Waals surface area (Å²) >= 11 is 0. The van der Waals surface area contributed by atoms with E-state index in [1.807, 2.05) is 0 Å². The first-order valence-corrected chi connectivity index (χ1v) is 7.09. The van der Waals surface area contributed by atoms with Gasteiger partial charge in [0.1, 0.15) is 0 Å². The van der Waals surface area contributed by atoms with Crippen molar-refractivity contribution in [3.05, 3.63) is 0 Å². The van der Waals surface area contributed by atoms with Crippen molar-refractivity contribution in [2.24, 2.45) is 0 Å². The number of aliphatic hydroxyl groups excluding tert-OH is 1. The molecule has 0 saturated carbocycles. The molecule has 1 aliphatic rings. The van der Waals surface area contributed by atoms with E-state index in [0.717, 1.165) is 52.4 Å². The van der Waals surface area contributed by atoms with Crippen LogP contribution in [0.25, 0.3) is 0 Å². The monoisotopic (exact) mass is 243 g/mol. The third-order valence-corrected chi connectivity index (χ3v) is 3.55. The smallest absolute Gasteiger partial charge is 0.0791 e. The van der Waals surface area contributed by atoms with Crippen LogP contribution in [0.1, 0.15) is 26.7 Å². The highest BCUT2D eigenvalue weighted by molar-refractivity contribution is 4.71. The van der Waals surface area contributed by atoms with Crippen LogP contribution in [-0.2, 0) is 0 Å². The number of aliphatic hydroxyl groups is 1. The molecule has 1 heterocycles. The van der Waals surface area contributed by atoms with Gasteiger partial charge in [-0.15, -0.1) is 0 Å². The van der Waals surface area contributed by atoms with Gasteiger partial charge >= 0.3 is 0 Å². The lowest BCUT2D eigenvalue weighted by Crippen LogP contribution is -2.39. The number of β-amino-alcohol motifs (C(OH)–C–C–N with tert-alkyl or cyclic N) is 1. The number of hydrogen-bond donors (Lipinski definition) is 2. The van der Waals surface area contributed by atoms with Crippen LogP contribution >= 0.6 is 0 Å². The molecule has 0 aromatic carbocycles. The van der Waals surface area contributed by atoms with Crippen molar-refractivity contribution in [3.63, 3.8) is 0 Å². The fourth-order valence-electron chi connectivity index (χ4n) is 2.37. The number of nitrogens with zero attached hydrogens (tertiary/aromatic N) is 2. The van der Waals surface area contributed by atoms with Gasteiger partial charge in [0, 0.05) is 26.2 Å². The van der Waals surface area contributed by atoms with Crippen LogP contribution in [0.4, 0.5) is 0 Å². The Kier molecular flexibility index (Phi) is 7.77. The topological polar surface area (TPSA) is 38.7 Å². The van der Waals surface area contributed by atoms with Crippen molar-refractivity contribution in [2.45, 2.75) is 32.8 Å². The van der Waals surface area contributed by atoms with Crippen molar-refractivity contribution >= 4 is 0 Å². The summed E-state index contributed by atoms with van der Waals surface area (Å²) in [5, 5.41) is 13.2. The summed E-state index contributed by atoms with van der Waals surface area (Å²) in [4.78, 5) is 4.75. The Morgan fingerprint density at radius 2 is 1.88 bits per heavy atom. The molecule has 1 aliphatic heterocycles. The van der Waals surface area contributed by atoms with Gasteiger partial charge in [-0.3, -0.25) is 0 Å². The molecule has 1 rings (SSSR count). The van der Waals surface area contributed by atoms with E-state index in [0.29, 0.717) is 0 Å². The predicted octanol–water partition coefficient (Wildman–Crippen LogP) is 0.375. The van der Waals surface area contributed by atoms with Gasteiger partial charge in [-0.1, -0.05) is 13.8 Å². The Morgan fingerprint density at radius 1 is 1.24 bits per heavy atom. The molecule has 0 aliphatic carbocycles. The summed E-state index contributed by atoms with van der Waals surface area (Å²) < 4.78 is 0. The molecule has 1 unspecified atom stereocenters. The van der Waals surface area contributed by atoms with Crippen molar-refractivity contribution < 1.29 is 5.11 Å². The molecule has 4 heteroatoms. The molecule has 17 heavy (non-hydrogen) atoms. The summed E-state index contributed by atoms with van der Waals surface area (Å²) in [6.45, 7) is 12.5. The van der Waals surface area contributed by atoms with Crippen LogP contribution in [-0.4, -0.2) is 73.4 Å². The Labute approximate surface area is 106 Å². The SMILES string of the molecule is CCN(CC)CCNCC(O)CN1CCCC1. The van der Waals surface area contributed by atoms with Gasteiger partial charge in [0.2, 0.25) is 0 Å². The van der Waals surface area contributed by atoms with Crippen LogP contribution in [0, 0.1) is 0 Å². The first-order chi connectivity index (χ1) is 8.26. The van der Waals surface area contributed by atoms with Crippen molar-refractivity contribution in [1.82, 2.24) is 15.1 Å². The maximum atomic E-state index is 9.87. The lowest BCUT2D eigenvalue weighted by molar-refractivity contribution is 0.122. The highest BCUT2D eigenvalue weighted by Crippen LogP contribution is 2.07. The molecule has 1 atom stereocenters. The zero-order chi connectivity index (χ0) is 12.5. The average molecular weight is 243 g/mol. The first-order valence-electron chi connectivity index (χ1n) is 7.09. The van der Waals surface area contributed by atoms with Crippen LogP contribution in [0.3, 0.4) is 0 Å². The zero-order valence-corrected chi connectivity index (χ0v) is 11.5. The molecular weight excluding hydrogens is 214 g/mol. The summed E-state index contributed by atoms with van der Waals surface area (Å²) in [5.74, 6) is 0. The standard InChI is InChI=1S/C13H29N3O/c1-3-15(4-2)10-7-14-11-13(17)12-16-8-5-6-9-16/h13-14,17H,3-12H2,1-2H3. The number of hydrogen-bond acceptors (Lipinski definition) is 4. The Hall–Kier alpha value is -0.160.